The first-order valence-electron chi connectivity index (χ1n) is 11.7. The van der Waals surface area contributed by atoms with Crippen LogP contribution in [0.1, 0.15) is 65.0 Å². The minimum absolute atomic E-state index is 0.476. The van der Waals surface area contributed by atoms with E-state index in [1.54, 1.807) is 0 Å². The van der Waals surface area contributed by atoms with Gasteiger partial charge in [-0.1, -0.05) is 20.8 Å². The molecule has 0 spiro atoms. The summed E-state index contributed by atoms with van der Waals surface area (Å²) in [4.78, 5) is 21.7. The van der Waals surface area contributed by atoms with E-state index in [0.29, 0.717) is 17.6 Å². The summed E-state index contributed by atoms with van der Waals surface area (Å²) in [5, 5.41) is 20.2. The van der Waals surface area contributed by atoms with Gasteiger partial charge in [-0.05, 0) is 75.9 Å². The van der Waals surface area contributed by atoms with Crippen molar-refractivity contribution < 1.29 is 24.5 Å². The molecule has 1 aromatic heterocycles. The maximum Gasteiger partial charge on any atom is 0.328 e. The third-order valence-corrected chi connectivity index (χ3v) is 6.19. The highest BCUT2D eigenvalue weighted by Gasteiger charge is 2.28. The number of ether oxygens (including phenoxy) is 1. The van der Waals surface area contributed by atoms with E-state index in [1.165, 1.54) is 57.4 Å². The Bertz CT molecular complexity index is 719. The number of aromatic nitrogens is 2. The minimum atomic E-state index is -1.26. The third-order valence-electron chi connectivity index (χ3n) is 6.19. The standard InChI is InChI=1S/C20H35N3O.C4H4O4/c1-20(2,3)17-9-13-22(14-10-17)11-6-7-15-24-19-16-18-8-4-5-12-23(18)21-19;5-3(6)1-2-4(7)8/h16-17H,4-15H2,1-3H3;1-2H,(H,5,6)(H,7,8)/b;2-1-. The zero-order valence-electron chi connectivity index (χ0n) is 19.8. The van der Waals surface area contributed by atoms with Gasteiger partial charge in [-0.15, -0.1) is 5.10 Å². The van der Waals surface area contributed by atoms with E-state index in [4.69, 9.17) is 14.9 Å². The van der Waals surface area contributed by atoms with Crippen LogP contribution >= 0.6 is 0 Å². The van der Waals surface area contributed by atoms with E-state index in [2.05, 4.69) is 41.5 Å². The number of carbonyl (C=O) groups is 2. The van der Waals surface area contributed by atoms with E-state index in [1.807, 2.05) is 0 Å². The van der Waals surface area contributed by atoms with Crippen LogP contribution in [0.4, 0.5) is 0 Å². The summed E-state index contributed by atoms with van der Waals surface area (Å²) in [5.74, 6) is -0.790. The Balaban J connectivity index is 0.000000390. The highest BCUT2D eigenvalue weighted by molar-refractivity contribution is 5.89. The zero-order valence-corrected chi connectivity index (χ0v) is 19.8. The summed E-state index contributed by atoms with van der Waals surface area (Å²) in [7, 11) is 0. The molecule has 3 heterocycles. The molecule has 0 atom stereocenters. The van der Waals surface area contributed by atoms with Crippen molar-refractivity contribution in [2.75, 3.05) is 26.2 Å². The molecule has 0 amide bonds. The molecule has 8 heteroatoms. The Kier molecular flexibility index (Phi) is 10.2. The molecule has 1 fully saturated rings. The summed E-state index contributed by atoms with van der Waals surface area (Å²) in [5.41, 5.74) is 1.82. The van der Waals surface area contributed by atoms with Crippen LogP contribution in [0.3, 0.4) is 0 Å². The quantitative estimate of drug-likeness (QED) is 0.459. The summed E-state index contributed by atoms with van der Waals surface area (Å²) in [6.45, 7) is 12.8. The Morgan fingerprint density at radius 1 is 1.09 bits per heavy atom. The van der Waals surface area contributed by atoms with Gasteiger partial charge in [-0.2, -0.15) is 0 Å². The summed E-state index contributed by atoms with van der Waals surface area (Å²) < 4.78 is 7.98. The fourth-order valence-electron chi connectivity index (χ4n) is 4.24. The van der Waals surface area contributed by atoms with Gasteiger partial charge in [0.05, 0.1) is 6.61 Å². The van der Waals surface area contributed by atoms with Crippen LogP contribution in [-0.4, -0.2) is 63.1 Å². The average Bonchev–Trinajstić information content (AvgIpc) is 3.15. The van der Waals surface area contributed by atoms with Crippen molar-refractivity contribution in [1.29, 1.82) is 0 Å². The lowest BCUT2D eigenvalue weighted by Crippen LogP contribution is -2.38. The van der Waals surface area contributed by atoms with Crippen molar-refractivity contribution in [3.8, 4) is 5.88 Å². The largest absolute Gasteiger partial charge is 0.478 e. The molecule has 3 rings (SSSR count). The van der Waals surface area contributed by atoms with Gasteiger partial charge >= 0.3 is 11.9 Å². The highest BCUT2D eigenvalue weighted by atomic mass is 16.5. The Morgan fingerprint density at radius 2 is 1.75 bits per heavy atom. The Hall–Kier alpha value is -2.35. The first-order valence-corrected chi connectivity index (χ1v) is 11.7. The Labute approximate surface area is 191 Å². The summed E-state index contributed by atoms with van der Waals surface area (Å²) in [6, 6.07) is 2.14. The molecule has 0 unspecified atom stereocenters. The van der Waals surface area contributed by atoms with Crippen molar-refractivity contribution >= 4 is 11.9 Å². The number of aliphatic carboxylic acids is 2. The number of aryl methyl sites for hydroxylation is 2. The van der Waals surface area contributed by atoms with Gasteiger partial charge in [0.1, 0.15) is 0 Å². The number of carboxylic acid groups (broad SMARTS) is 2. The number of hydrogen-bond acceptors (Lipinski definition) is 5. The summed E-state index contributed by atoms with van der Waals surface area (Å²) >= 11 is 0. The molecular weight excluding hydrogens is 410 g/mol. The van der Waals surface area contributed by atoms with E-state index in [-0.39, 0.29) is 0 Å². The number of piperidine rings is 1. The lowest BCUT2D eigenvalue weighted by Gasteiger charge is -2.38. The van der Waals surface area contributed by atoms with E-state index < -0.39 is 11.9 Å². The molecular formula is C24H39N3O5. The molecule has 0 aliphatic carbocycles. The average molecular weight is 450 g/mol. The topological polar surface area (TPSA) is 105 Å². The van der Waals surface area contributed by atoms with Gasteiger partial charge in [-0.25, -0.2) is 9.59 Å². The number of unbranched alkanes of at least 4 members (excludes halogenated alkanes) is 1. The molecule has 0 saturated carbocycles. The van der Waals surface area contributed by atoms with Gasteiger partial charge in [-0.3, -0.25) is 4.68 Å². The molecule has 0 aromatic carbocycles. The van der Waals surface area contributed by atoms with E-state index >= 15 is 0 Å². The minimum Gasteiger partial charge on any atom is -0.478 e. The third kappa shape index (κ3) is 9.42. The first-order chi connectivity index (χ1) is 15.1. The maximum atomic E-state index is 9.55. The molecule has 2 aliphatic rings. The molecule has 1 saturated heterocycles. The van der Waals surface area contributed by atoms with Crippen molar-refractivity contribution in [2.45, 2.75) is 72.3 Å². The molecule has 2 aliphatic heterocycles. The van der Waals surface area contributed by atoms with Gasteiger partial charge in [0, 0.05) is 30.5 Å². The number of carboxylic acids is 2. The highest BCUT2D eigenvalue weighted by Crippen LogP contribution is 2.34. The molecule has 0 radical (unpaired) electrons. The molecule has 32 heavy (non-hydrogen) atoms. The number of nitrogens with zero attached hydrogens (tertiary/aromatic N) is 3. The SMILES string of the molecule is CC(C)(C)C1CCN(CCCCOc2cc3n(n2)CCCC3)CC1.O=C(O)/C=C\C(=O)O. The fourth-order valence-corrected chi connectivity index (χ4v) is 4.24. The zero-order chi connectivity index (χ0) is 23.6. The number of likely N-dealkylation sites (tertiary alicyclic amines) is 1. The van der Waals surface area contributed by atoms with E-state index in [9.17, 15) is 9.59 Å². The Morgan fingerprint density at radius 3 is 2.31 bits per heavy atom. The second-order valence-electron chi connectivity index (χ2n) is 9.70. The molecule has 180 valence electrons. The monoisotopic (exact) mass is 449 g/mol. The van der Waals surface area contributed by atoms with Crippen LogP contribution in [-0.2, 0) is 22.6 Å². The van der Waals surface area contributed by atoms with Crippen LogP contribution in [0.25, 0.3) is 0 Å². The van der Waals surface area contributed by atoms with Gasteiger partial charge in [0.15, 0.2) is 0 Å². The molecule has 8 nitrogen and oxygen atoms in total. The lowest BCUT2D eigenvalue weighted by molar-refractivity contribution is -0.134. The summed E-state index contributed by atoms with van der Waals surface area (Å²) in [6.07, 6.45) is 9.89. The number of fused-ring (bicyclic) bond motifs is 1. The van der Waals surface area contributed by atoms with Crippen molar-refractivity contribution in [3.63, 3.8) is 0 Å². The van der Waals surface area contributed by atoms with Crippen molar-refractivity contribution in [3.05, 3.63) is 23.9 Å². The lowest BCUT2D eigenvalue weighted by atomic mass is 9.75. The second kappa shape index (κ2) is 12.6. The molecule has 0 bridgehead atoms. The number of hydrogen-bond donors (Lipinski definition) is 2. The molecule has 2 N–H and O–H groups in total. The smallest absolute Gasteiger partial charge is 0.328 e. The normalized spacial score (nSPS) is 17.5. The van der Waals surface area contributed by atoms with Crippen LogP contribution in [0.2, 0.25) is 0 Å². The van der Waals surface area contributed by atoms with Crippen LogP contribution < -0.4 is 4.74 Å². The van der Waals surface area contributed by atoms with Crippen LogP contribution in [0.5, 0.6) is 5.88 Å². The van der Waals surface area contributed by atoms with Gasteiger partial charge < -0.3 is 19.8 Å². The second-order valence-corrected chi connectivity index (χ2v) is 9.70. The maximum absolute atomic E-state index is 9.55. The van der Waals surface area contributed by atoms with Crippen molar-refractivity contribution in [1.82, 2.24) is 14.7 Å². The number of rotatable bonds is 8. The van der Waals surface area contributed by atoms with Gasteiger partial charge in [0.25, 0.3) is 0 Å². The van der Waals surface area contributed by atoms with Crippen LogP contribution in [0.15, 0.2) is 18.2 Å². The van der Waals surface area contributed by atoms with Crippen LogP contribution in [0, 0.1) is 11.3 Å². The van der Waals surface area contributed by atoms with Crippen molar-refractivity contribution in [2.24, 2.45) is 11.3 Å². The molecule has 1 aromatic rings. The predicted molar refractivity (Wildman–Crippen MR) is 123 cm³/mol. The van der Waals surface area contributed by atoms with E-state index in [0.717, 1.165) is 37.8 Å². The predicted octanol–water partition coefficient (Wildman–Crippen LogP) is 3.85. The first kappa shape index (κ1) is 25.9. The fraction of sp³-hybridized carbons (Fsp3) is 0.708. The van der Waals surface area contributed by atoms with Gasteiger partial charge in [0.2, 0.25) is 5.88 Å².